The fourth-order valence-corrected chi connectivity index (χ4v) is 1.75. The summed E-state index contributed by atoms with van der Waals surface area (Å²) in [6.45, 7) is 0. The summed E-state index contributed by atoms with van der Waals surface area (Å²) in [5, 5.41) is 1.10. The summed E-state index contributed by atoms with van der Waals surface area (Å²) in [4.78, 5) is 11.7. The molecule has 0 aliphatic carbocycles. The van der Waals surface area contributed by atoms with Gasteiger partial charge in [0.25, 0.3) is 0 Å². The second-order valence-corrected chi connectivity index (χ2v) is 4.03. The molecule has 6 heteroatoms. The zero-order valence-corrected chi connectivity index (χ0v) is 8.96. The van der Waals surface area contributed by atoms with Crippen LogP contribution in [0.3, 0.4) is 0 Å². The SMILES string of the molecule is Fc1cc(Cl)cnc1Sc1cnccn1. The maximum atomic E-state index is 13.3. The van der Waals surface area contributed by atoms with Crippen LogP contribution in [0.15, 0.2) is 40.9 Å². The van der Waals surface area contributed by atoms with E-state index in [4.69, 9.17) is 11.6 Å². The molecule has 0 spiro atoms. The van der Waals surface area contributed by atoms with Crippen LogP contribution in [0.25, 0.3) is 0 Å². The number of halogens is 2. The third kappa shape index (κ3) is 2.64. The van der Waals surface area contributed by atoms with Crippen molar-refractivity contribution in [2.75, 3.05) is 0 Å². The molecular weight excluding hydrogens is 237 g/mol. The molecule has 0 fully saturated rings. The molecule has 2 heterocycles. The Bertz CT molecular complexity index is 466. The first kappa shape index (κ1) is 10.3. The highest BCUT2D eigenvalue weighted by atomic mass is 35.5. The second-order valence-electron chi connectivity index (χ2n) is 2.59. The number of rotatable bonds is 2. The van der Waals surface area contributed by atoms with Crippen LogP contribution in [0.5, 0.6) is 0 Å². The molecule has 2 aromatic heterocycles. The molecule has 0 bridgehead atoms. The van der Waals surface area contributed by atoms with E-state index in [1.807, 2.05) is 0 Å². The molecule has 76 valence electrons. The lowest BCUT2D eigenvalue weighted by Gasteiger charge is -2.00. The Balaban J connectivity index is 2.25. The van der Waals surface area contributed by atoms with E-state index in [1.165, 1.54) is 18.5 Å². The summed E-state index contributed by atoms with van der Waals surface area (Å²) in [6, 6.07) is 1.22. The van der Waals surface area contributed by atoms with Crippen LogP contribution in [0.2, 0.25) is 5.02 Å². The molecule has 3 nitrogen and oxygen atoms in total. The van der Waals surface area contributed by atoms with Crippen molar-refractivity contribution in [3.63, 3.8) is 0 Å². The van der Waals surface area contributed by atoms with Crippen LogP contribution in [0, 0.1) is 5.82 Å². The Labute approximate surface area is 94.7 Å². The molecule has 0 aromatic carbocycles. The van der Waals surface area contributed by atoms with Gasteiger partial charge < -0.3 is 0 Å². The van der Waals surface area contributed by atoms with E-state index in [1.54, 1.807) is 12.4 Å². The summed E-state index contributed by atoms with van der Waals surface area (Å²) in [5.41, 5.74) is 0. The third-order valence-corrected chi connectivity index (χ3v) is 2.64. The van der Waals surface area contributed by atoms with Gasteiger partial charge in [-0.1, -0.05) is 11.6 Å². The molecule has 0 saturated carbocycles. The fraction of sp³-hybridized carbons (Fsp3) is 0. The number of hydrogen-bond acceptors (Lipinski definition) is 4. The quantitative estimate of drug-likeness (QED) is 0.811. The fourth-order valence-electron chi connectivity index (χ4n) is 0.914. The number of aromatic nitrogens is 3. The van der Waals surface area contributed by atoms with Crippen LogP contribution >= 0.6 is 23.4 Å². The molecule has 0 radical (unpaired) electrons. The highest BCUT2D eigenvalue weighted by Gasteiger charge is 2.07. The summed E-state index contributed by atoms with van der Waals surface area (Å²) < 4.78 is 13.3. The number of nitrogens with zero attached hydrogens (tertiary/aromatic N) is 3. The molecule has 0 atom stereocenters. The predicted molar refractivity (Wildman–Crippen MR) is 55.4 cm³/mol. The second kappa shape index (κ2) is 4.55. The molecular formula is C9H5ClFN3S. The molecule has 0 amide bonds. The van der Waals surface area contributed by atoms with E-state index in [9.17, 15) is 4.39 Å². The zero-order valence-electron chi connectivity index (χ0n) is 7.39. The zero-order chi connectivity index (χ0) is 10.7. The monoisotopic (exact) mass is 241 g/mol. The molecule has 0 saturated heterocycles. The van der Waals surface area contributed by atoms with Crippen LogP contribution in [0.1, 0.15) is 0 Å². The van der Waals surface area contributed by atoms with E-state index in [2.05, 4.69) is 15.0 Å². The van der Waals surface area contributed by atoms with Crippen molar-refractivity contribution in [1.29, 1.82) is 0 Å². The van der Waals surface area contributed by atoms with Crippen LogP contribution < -0.4 is 0 Å². The van der Waals surface area contributed by atoms with Gasteiger partial charge in [0.05, 0.1) is 11.2 Å². The van der Waals surface area contributed by atoms with Gasteiger partial charge >= 0.3 is 0 Å². The summed E-state index contributed by atoms with van der Waals surface area (Å²) in [6.07, 6.45) is 6.02. The molecule has 15 heavy (non-hydrogen) atoms. The highest BCUT2D eigenvalue weighted by Crippen LogP contribution is 2.26. The van der Waals surface area contributed by atoms with Gasteiger partial charge in [0.15, 0.2) is 5.82 Å². The van der Waals surface area contributed by atoms with Gasteiger partial charge in [-0.2, -0.15) is 0 Å². The smallest absolute Gasteiger partial charge is 0.157 e. The van der Waals surface area contributed by atoms with Crippen molar-refractivity contribution in [2.24, 2.45) is 0 Å². The van der Waals surface area contributed by atoms with Gasteiger partial charge in [-0.25, -0.2) is 14.4 Å². The first-order chi connectivity index (χ1) is 7.25. The van der Waals surface area contributed by atoms with Crippen molar-refractivity contribution in [3.8, 4) is 0 Å². The van der Waals surface area contributed by atoms with E-state index in [-0.39, 0.29) is 10.0 Å². The van der Waals surface area contributed by atoms with Gasteiger partial charge in [0.1, 0.15) is 10.1 Å². The van der Waals surface area contributed by atoms with Crippen molar-refractivity contribution in [2.45, 2.75) is 10.1 Å². The van der Waals surface area contributed by atoms with Gasteiger partial charge in [0, 0.05) is 18.6 Å². The van der Waals surface area contributed by atoms with Gasteiger partial charge in [-0.3, -0.25) is 4.98 Å². The number of hydrogen-bond donors (Lipinski definition) is 0. The van der Waals surface area contributed by atoms with Crippen LogP contribution in [0.4, 0.5) is 4.39 Å². The number of pyridine rings is 1. The van der Waals surface area contributed by atoms with Crippen LogP contribution in [-0.2, 0) is 0 Å². The van der Waals surface area contributed by atoms with E-state index >= 15 is 0 Å². The van der Waals surface area contributed by atoms with Gasteiger partial charge in [-0.05, 0) is 17.8 Å². The average molecular weight is 242 g/mol. The molecule has 0 N–H and O–H groups in total. The Kier molecular flexibility index (Phi) is 3.13. The topological polar surface area (TPSA) is 38.7 Å². The summed E-state index contributed by atoms with van der Waals surface area (Å²) in [7, 11) is 0. The lowest BCUT2D eigenvalue weighted by atomic mass is 10.5. The van der Waals surface area contributed by atoms with Gasteiger partial charge in [0.2, 0.25) is 0 Å². The minimum absolute atomic E-state index is 0.236. The van der Waals surface area contributed by atoms with E-state index in [0.717, 1.165) is 11.8 Å². The van der Waals surface area contributed by atoms with Crippen molar-refractivity contribution in [1.82, 2.24) is 15.0 Å². The summed E-state index contributed by atoms with van der Waals surface area (Å²) in [5.74, 6) is -0.460. The van der Waals surface area contributed by atoms with Crippen LogP contribution in [-0.4, -0.2) is 15.0 Å². The third-order valence-electron chi connectivity index (χ3n) is 1.51. The lowest BCUT2D eigenvalue weighted by molar-refractivity contribution is 0.588. The Hall–Kier alpha value is -1.20. The van der Waals surface area contributed by atoms with E-state index in [0.29, 0.717) is 5.03 Å². The minimum Gasteiger partial charge on any atom is -0.260 e. The predicted octanol–water partition coefficient (Wildman–Crippen LogP) is 2.82. The van der Waals surface area contributed by atoms with Gasteiger partial charge in [-0.15, -0.1) is 0 Å². The molecule has 0 unspecified atom stereocenters. The molecule has 2 rings (SSSR count). The maximum absolute atomic E-state index is 13.3. The first-order valence-electron chi connectivity index (χ1n) is 4.00. The Morgan fingerprint density at radius 1 is 1.20 bits per heavy atom. The largest absolute Gasteiger partial charge is 0.260 e. The Morgan fingerprint density at radius 3 is 2.73 bits per heavy atom. The maximum Gasteiger partial charge on any atom is 0.157 e. The van der Waals surface area contributed by atoms with Crippen molar-refractivity contribution >= 4 is 23.4 Å². The molecule has 0 aliphatic rings. The molecule has 2 aromatic rings. The lowest BCUT2D eigenvalue weighted by Crippen LogP contribution is -1.88. The van der Waals surface area contributed by atoms with E-state index < -0.39 is 5.82 Å². The molecule has 0 aliphatic heterocycles. The normalized spacial score (nSPS) is 10.3. The first-order valence-corrected chi connectivity index (χ1v) is 5.20. The minimum atomic E-state index is -0.460. The average Bonchev–Trinajstić information content (AvgIpc) is 2.24. The van der Waals surface area contributed by atoms with Crippen molar-refractivity contribution in [3.05, 3.63) is 41.7 Å². The standard InChI is InChI=1S/C9H5ClFN3S/c10-6-3-7(11)9(14-4-6)15-8-5-12-1-2-13-8/h1-5H. The van der Waals surface area contributed by atoms with Crippen molar-refractivity contribution < 1.29 is 4.39 Å². The summed E-state index contributed by atoms with van der Waals surface area (Å²) >= 11 is 6.68. The highest BCUT2D eigenvalue weighted by molar-refractivity contribution is 7.99. The Morgan fingerprint density at radius 2 is 2.07 bits per heavy atom.